The fraction of sp³-hybridized carbons (Fsp3) is 0.0182. The second-order valence-corrected chi connectivity index (χ2v) is 16.1. The van der Waals surface area contributed by atoms with Gasteiger partial charge in [0.15, 0.2) is 5.84 Å². The molecule has 1 unspecified atom stereocenters. The van der Waals surface area contributed by atoms with Gasteiger partial charge in [0.2, 0.25) is 6.29 Å². The van der Waals surface area contributed by atoms with Crippen molar-refractivity contribution in [1.82, 2.24) is 14.5 Å². The van der Waals surface area contributed by atoms with E-state index in [1.807, 2.05) is 30.3 Å². The number of aliphatic imine (C=N–C) groups is 2. The molecule has 1 atom stereocenters. The van der Waals surface area contributed by atoms with Crippen molar-refractivity contribution >= 4 is 110 Å². The molecule has 0 fully saturated rings. The van der Waals surface area contributed by atoms with Gasteiger partial charge in [-0.05, 0) is 77.5 Å². The third kappa shape index (κ3) is 4.70. The fourth-order valence-corrected chi connectivity index (χ4v) is 10.0. The molecule has 1 N–H and O–H groups in total. The lowest BCUT2D eigenvalue weighted by Crippen LogP contribution is -2.36. The topological polar surface area (TPSA) is 72.9 Å². The van der Waals surface area contributed by atoms with E-state index < -0.39 is 6.29 Å². The molecule has 0 radical (unpaired) electrons. The number of nitrogens with one attached hydrogen (secondary N) is 1. The van der Waals surface area contributed by atoms with Gasteiger partial charge in [-0.3, -0.25) is 0 Å². The molecule has 0 saturated carbocycles. The molecular weight excluding hydrogens is 763 g/mol. The first kappa shape index (κ1) is 33.4. The Hall–Kier alpha value is -8.42. The molecule has 0 amide bonds. The van der Waals surface area contributed by atoms with Gasteiger partial charge in [0, 0.05) is 48.7 Å². The van der Waals surface area contributed by atoms with Crippen molar-refractivity contribution in [2.75, 3.05) is 0 Å². The fourth-order valence-electron chi connectivity index (χ4n) is 10.0. The van der Waals surface area contributed by atoms with Crippen LogP contribution in [0.25, 0.3) is 104 Å². The van der Waals surface area contributed by atoms with E-state index in [4.69, 9.17) is 18.8 Å². The van der Waals surface area contributed by atoms with E-state index in [0.717, 1.165) is 93.5 Å². The van der Waals surface area contributed by atoms with Crippen molar-refractivity contribution in [2.24, 2.45) is 9.98 Å². The maximum Gasteiger partial charge on any atom is 0.204 e. The van der Waals surface area contributed by atoms with Crippen molar-refractivity contribution in [3.63, 3.8) is 0 Å². The summed E-state index contributed by atoms with van der Waals surface area (Å²) < 4.78 is 18.1. The lowest BCUT2D eigenvalue weighted by molar-refractivity contribution is 0.515. The van der Waals surface area contributed by atoms with E-state index in [1.54, 1.807) is 0 Å². The summed E-state index contributed by atoms with van der Waals surface area (Å²) in [5, 5.41) is 15.0. The van der Waals surface area contributed by atoms with Gasteiger partial charge in [0.25, 0.3) is 0 Å². The summed E-state index contributed by atoms with van der Waals surface area (Å²) >= 11 is 0. The Balaban J connectivity index is 1.10. The molecule has 4 aromatic heterocycles. The standard InChI is InChI=1S/C55H33N5O2/c1-2-14-33-30-47-42(29-32(33)13-1)37-17-5-8-20-43(37)59(47)46-28-27-41-39-19-7-12-24-49(39)62-52(41)51(46)54-56-53(34-25-26-40-38-18-6-11-23-48(38)61-50(40)31-34)57-55(58-54)60-44-21-9-3-15-35(44)36-16-4-10-22-45(36)60/h1-31,55H,(H,56,57,58). The van der Waals surface area contributed by atoms with Gasteiger partial charge < -0.3 is 23.3 Å². The maximum absolute atomic E-state index is 6.96. The molecule has 1 aliphatic heterocycles. The molecular formula is C55H33N5O2. The van der Waals surface area contributed by atoms with Crippen molar-refractivity contribution < 1.29 is 8.83 Å². The Morgan fingerprint density at radius 2 is 1.00 bits per heavy atom. The molecule has 0 saturated heterocycles. The quantitative estimate of drug-likeness (QED) is 0.193. The summed E-state index contributed by atoms with van der Waals surface area (Å²) in [6.45, 7) is 0. The lowest BCUT2D eigenvalue weighted by Gasteiger charge is -2.26. The largest absolute Gasteiger partial charge is 0.456 e. The molecule has 62 heavy (non-hydrogen) atoms. The predicted octanol–water partition coefficient (Wildman–Crippen LogP) is 13.8. The minimum Gasteiger partial charge on any atom is -0.456 e. The normalized spacial score (nSPS) is 14.6. The van der Waals surface area contributed by atoms with E-state index in [2.05, 4.69) is 172 Å². The van der Waals surface area contributed by atoms with Crippen LogP contribution in [0.5, 0.6) is 0 Å². The number of aromatic nitrogens is 2. The Morgan fingerprint density at radius 3 is 1.74 bits per heavy atom. The number of furan rings is 2. The third-order valence-corrected chi connectivity index (χ3v) is 12.8. The zero-order chi connectivity index (χ0) is 40.5. The predicted molar refractivity (Wildman–Crippen MR) is 254 cm³/mol. The molecule has 1 aliphatic rings. The Kier molecular flexibility index (Phi) is 6.76. The molecule has 13 aromatic rings. The van der Waals surface area contributed by atoms with Crippen LogP contribution in [0.2, 0.25) is 0 Å². The summed E-state index contributed by atoms with van der Waals surface area (Å²) in [5.74, 6) is 1.23. The molecule has 290 valence electrons. The third-order valence-electron chi connectivity index (χ3n) is 12.8. The van der Waals surface area contributed by atoms with Crippen molar-refractivity contribution in [3.05, 3.63) is 199 Å². The van der Waals surface area contributed by atoms with Crippen LogP contribution in [-0.2, 0) is 0 Å². The molecule has 0 bridgehead atoms. The van der Waals surface area contributed by atoms with Gasteiger partial charge in [-0.2, -0.15) is 0 Å². The number of para-hydroxylation sites is 5. The van der Waals surface area contributed by atoms with E-state index in [1.165, 1.54) is 21.5 Å². The van der Waals surface area contributed by atoms with Gasteiger partial charge in [0.05, 0.1) is 33.3 Å². The summed E-state index contributed by atoms with van der Waals surface area (Å²) in [6.07, 6.45) is -0.580. The van der Waals surface area contributed by atoms with Crippen LogP contribution in [0.3, 0.4) is 0 Å². The number of nitrogens with zero attached hydrogens (tertiary/aromatic N) is 4. The molecule has 7 heteroatoms. The number of benzene rings is 9. The summed E-state index contributed by atoms with van der Waals surface area (Å²) in [7, 11) is 0. The van der Waals surface area contributed by atoms with Gasteiger partial charge in [-0.25, -0.2) is 9.98 Å². The minimum atomic E-state index is -0.580. The van der Waals surface area contributed by atoms with Crippen LogP contribution in [0.1, 0.15) is 17.4 Å². The van der Waals surface area contributed by atoms with Crippen LogP contribution in [0, 0.1) is 0 Å². The first-order valence-corrected chi connectivity index (χ1v) is 20.9. The maximum atomic E-state index is 6.96. The van der Waals surface area contributed by atoms with Crippen LogP contribution >= 0.6 is 0 Å². The number of fused-ring (bicyclic) bond motifs is 13. The van der Waals surface area contributed by atoms with Crippen molar-refractivity contribution in [3.8, 4) is 5.69 Å². The second-order valence-electron chi connectivity index (χ2n) is 16.1. The molecule has 0 aliphatic carbocycles. The number of hydrogen-bond donors (Lipinski definition) is 1. The Labute approximate surface area is 353 Å². The average molecular weight is 796 g/mol. The van der Waals surface area contributed by atoms with Crippen LogP contribution in [0.15, 0.2) is 207 Å². The highest BCUT2D eigenvalue weighted by atomic mass is 16.3. The Morgan fingerprint density at radius 1 is 0.435 bits per heavy atom. The van der Waals surface area contributed by atoms with Gasteiger partial charge in [-0.15, -0.1) is 0 Å². The summed E-state index contributed by atoms with van der Waals surface area (Å²) in [4.78, 5) is 11.2. The Bertz CT molecular complexity index is 4050. The highest BCUT2D eigenvalue weighted by Gasteiger charge is 2.29. The highest BCUT2D eigenvalue weighted by Crippen LogP contribution is 2.41. The second kappa shape index (κ2) is 12.5. The van der Waals surface area contributed by atoms with E-state index in [-0.39, 0.29) is 0 Å². The average Bonchev–Trinajstić information content (AvgIpc) is 4.08. The molecule has 9 aromatic carbocycles. The first-order chi connectivity index (χ1) is 30.7. The monoisotopic (exact) mass is 795 g/mol. The SMILES string of the molecule is c1ccc2cc3c(cc2c1)c1ccccc1n3-c1ccc2c(oc3ccccc32)c1C1=NC(n2c3ccccc3c3ccccc32)NC(c2ccc3c(c2)oc2ccccc23)=N1. The van der Waals surface area contributed by atoms with Gasteiger partial charge >= 0.3 is 0 Å². The molecule has 5 heterocycles. The van der Waals surface area contributed by atoms with Crippen LogP contribution in [0.4, 0.5) is 0 Å². The molecule has 7 nitrogen and oxygen atoms in total. The molecule has 0 spiro atoms. The van der Waals surface area contributed by atoms with Gasteiger partial charge in [-0.1, -0.05) is 121 Å². The zero-order valence-corrected chi connectivity index (χ0v) is 33.1. The molecule has 14 rings (SSSR count). The van der Waals surface area contributed by atoms with Crippen molar-refractivity contribution in [1.29, 1.82) is 0 Å². The van der Waals surface area contributed by atoms with Crippen molar-refractivity contribution in [2.45, 2.75) is 6.29 Å². The van der Waals surface area contributed by atoms with E-state index in [0.29, 0.717) is 11.7 Å². The van der Waals surface area contributed by atoms with E-state index in [9.17, 15) is 0 Å². The smallest absolute Gasteiger partial charge is 0.204 e. The van der Waals surface area contributed by atoms with Gasteiger partial charge in [0.1, 0.15) is 28.2 Å². The van der Waals surface area contributed by atoms with E-state index >= 15 is 0 Å². The van der Waals surface area contributed by atoms with Crippen LogP contribution < -0.4 is 5.32 Å². The highest BCUT2D eigenvalue weighted by molar-refractivity contribution is 6.23. The lowest BCUT2D eigenvalue weighted by atomic mass is 10.0. The minimum absolute atomic E-state index is 0.557. The summed E-state index contributed by atoms with van der Waals surface area (Å²) in [5.41, 5.74) is 10.1. The number of rotatable bonds is 4. The first-order valence-electron chi connectivity index (χ1n) is 20.9. The van der Waals surface area contributed by atoms with Crippen LogP contribution in [-0.4, -0.2) is 20.8 Å². The number of amidine groups is 2. The number of hydrogen-bond acceptors (Lipinski definition) is 5. The zero-order valence-electron chi connectivity index (χ0n) is 33.1. The summed E-state index contributed by atoms with van der Waals surface area (Å²) in [6, 6.07) is 66.1.